The van der Waals surface area contributed by atoms with Gasteiger partial charge in [-0.2, -0.15) is 0 Å². The Morgan fingerprint density at radius 3 is 2.34 bits per heavy atom. The molecule has 6 heteroatoms. The molecule has 1 N–H and O–H groups in total. The summed E-state index contributed by atoms with van der Waals surface area (Å²) >= 11 is 0. The highest BCUT2D eigenvalue weighted by Crippen LogP contribution is 2.26. The minimum Gasteiger partial charge on any atom is -0.342 e. The number of amides is 3. The molecule has 0 bridgehead atoms. The number of nitrogens with zero attached hydrogens (tertiary/aromatic N) is 2. The molecule has 2 fully saturated rings. The minimum atomic E-state index is -0.376. The zero-order valence-corrected chi connectivity index (χ0v) is 16.3. The largest absolute Gasteiger partial charge is 0.342 e. The van der Waals surface area contributed by atoms with E-state index in [0.717, 1.165) is 37.2 Å². The standard InChI is InChI=1S/C23H25N3O3/c27-21(25-12-4-5-13-25)14-17-8-10-19(11-9-17)24-23(29)18-15-22(28)26(16-18)20-6-2-1-3-7-20/h1-3,6-11,18H,4-5,12-16H2,(H,24,29)/t18-/m1/s1. The van der Waals surface area contributed by atoms with Crippen LogP contribution in [-0.4, -0.2) is 42.3 Å². The van der Waals surface area contributed by atoms with Crippen LogP contribution in [0.4, 0.5) is 11.4 Å². The predicted molar refractivity (Wildman–Crippen MR) is 111 cm³/mol. The van der Waals surface area contributed by atoms with E-state index in [1.807, 2.05) is 59.5 Å². The first kappa shape index (κ1) is 19.2. The summed E-state index contributed by atoms with van der Waals surface area (Å²) in [5.41, 5.74) is 2.43. The summed E-state index contributed by atoms with van der Waals surface area (Å²) in [7, 11) is 0. The van der Waals surface area contributed by atoms with E-state index in [9.17, 15) is 14.4 Å². The molecule has 0 unspecified atom stereocenters. The Balaban J connectivity index is 1.33. The lowest BCUT2D eigenvalue weighted by molar-refractivity contribution is -0.129. The maximum absolute atomic E-state index is 12.6. The molecule has 2 saturated heterocycles. The summed E-state index contributed by atoms with van der Waals surface area (Å²) in [5, 5.41) is 2.90. The average Bonchev–Trinajstić information content (AvgIpc) is 3.40. The molecule has 0 aliphatic carbocycles. The van der Waals surface area contributed by atoms with Gasteiger partial charge in [0.1, 0.15) is 0 Å². The van der Waals surface area contributed by atoms with Crippen molar-refractivity contribution in [2.45, 2.75) is 25.7 Å². The van der Waals surface area contributed by atoms with Gasteiger partial charge >= 0.3 is 0 Å². The molecule has 0 aromatic heterocycles. The number of anilines is 2. The maximum atomic E-state index is 12.6. The Kier molecular flexibility index (Phi) is 5.60. The molecule has 3 amide bonds. The van der Waals surface area contributed by atoms with Crippen LogP contribution < -0.4 is 10.2 Å². The van der Waals surface area contributed by atoms with Gasteiger partial charge in [0.25, 0.3) is 0 Å². The highest BCUT2D eigenvalue weighted by molar-refractivity contribution is 6.03. The van der Waals surface area contributed by atoms with Crippen molar-refractivity contribution in [2.75, 3.05) is 29.9 Å². The molecule has 2 aromatic rings. The molecule has 29 heavy (non-hydrogen) atoms. The number of hydrogen-bond acceptors (Lipinski definition) is 3. The number of nitrogens with one attached hydrogen (secondary N) is 1. The molecular weight excluding hydrogens is 366 g/mol. The summed E-state index contributed by atoms with van der Waals surface area (Å²) < 4.78 is 0. The molecule has 6 nitrogen and oxygen atoms in total. The van der Waals surface area contributed by atoms with Crippen LogP contribution in [0.15, 0.2) is 54.6 Å². The molecule has 150 valence electrons. The lowest BCUT2D eigenvalue weighted by atomic mass is 10.1. The molecule has 2 aliphatic rings. The van der Waals surface area contributed by atoms with Crippen molar-refractivity contribution < 1.29 is 14.4 Å². The van der Waals surface area contributed by atoms with Crippen LogP contribution >= 0.6 is 0 Å². The molecule has 2 aliphatic heterocycles. The van der Waals surface area contributed by atoms with Gasteiger partial charge in [-0.05, 0) is 42.7 Å². The predicted octanol–water partition coefficient (Wildman–Crippen LogP) is 2.84. The smallest absolute Gasteiger partial charge is 0.229 e. The fourth-order valence-electron chi connectivity index (χ4n) is 3.94. The number of hydrogen-bond donors (Lipinski definition) is 1. The van der Waals surface area contributed by atoms with Crippen molar-refractivity contribution in [2.24, 2.45) is 5.92 Å². The van der Waals surface area contributed by atoms with Gasteiger partial charge in [0.05, 0.1) is 12.3 Å². The molecule has 1 atom stereocenters. The molecule has 0 radical (unpaired) electrons. The first-order valence-electron chi connectivity index (χ1n) is 10.1. The minimum absolute atomic E-state index is 0.0351. The van der Waals surface area contributed by atoms with Gasteiger partial charge < -0.3 is 15.1 Å². The van der Waals surface area contributed by atoms with Crippen LogP contribution in [0.5, 0.6) is 0 Å². The van der Waals surface area contributed by atoms with E-state index >= 15 is 0 Å². The molecule has 0 saturated carbocycles. The van der Waals surface area contributed by atoms with Gasteiger partial charge in [0, 0.05) is 37.4 Å². The fourth-order valence-corrected chi connectivity index (χ4v) is 3.94. The normalized spacial score (nSPS) is 18.9. The molecule has 2 heterocycles. The van der Waals surface area contributed by atoms with Crippen molar-refractivity contribution in [1.82, 2.24) is 4.90 Å². The molecule has 0 spiro atoms. The lowest BCUT2D eigenvalue weighted by Gasteiger charge is -2.17. The van der Waals surface area contributed by atoms with Crippen molar-refractivity contribution in [3.05, 3.63) is 60.2 Å². The summed E-state index contributed by atoms with van der Waals surface area (Å²) in [5.74, 6) is -0.409. The van der Waals surface area contributed by atoms with Crippen molar-refractivity contribution >= 4 is 29.1 Å². The Morgan fingerprint density at radius 2 is 1.66 bits per heavy atom. The van der Waals surface area contributed by atoms with Crippen LogP contribution in [0.1, 0.15) is 24.8 Å². The number of likely N-dealkylation sites (tertiary alicyclic amines) is 1. The average molecular weight is 391 g/mol. The zero-order valence-electron chi connectivity index (χ0n) is 16.3. The van der Waals surface area contributed by atoms with Crippen LogP contribution in [-0.2, 0) is 20.8 Å². The summed E-state index contributed by atoms with van der Waals surface area (Å²) in [6.45, 7) is 2.09. The van der Waals surface area contributed by atoms with E-state index in [0.29, 0.717) is 18.7 Å². The second kappa shape index (κ2) is 8.47. The van der Waals surface area contributed by atoms with Crippen LogP contribution in [0.25, 0.3) is 0 Å². The Hall–Kier alpha value is -3.15. The van der Waals surface area contributed by atoms with Gasteiger partial charge in [0.15, 0.2) is 0 Å². The zero-order chi connectivity index (χ0) is 20.2. The van der Waals surface area contributed by atoms with Gasteiger partial charge in [0.2, 0.25) is 17.7 Å². The van der Waals surface area contributed by atoms with E-state index in [4.69, 9.17) is 0 Å². The summed E-state index contributed by atoms with van der Waals surface area (Å²) in [4.78, 5) is 40.8. The first-order valence-corrected chi connectivity index (χ1v) is 10.1. The van der Waals surface area contributed by atoms with Gasteiger partial charge in [-0.25, -0.2) is 0 Å². The quantitative estimate of drug-likeness (QED) is 0.852. The van der Waals surface area contributed by atoms with Gasteiger partial charge in [-0.1, -0.05) is 30.3 Å². The lowest BCUT2D eigenvalue weighted by Crippen LogP contribution is -2.29. The van der Waals surface area contributed by atoms with E-state index in [-0.39, 0.29) is 30.1 Å². The number of rotatable bonds is 5. The Labute approximate surface area is 170 Å². The van der Waals surface area contributed by atoms with Crippen molar-refractivity contribution in [3.63, 3.8) is 0 Å². The molecule has 2 aromatic carbocycles. The van der Waals surface area contributed by atoms with Crippen LogP contribution in [0.3, 0.4) is 0 Å². The maximum Gasteiger partial charge on any atom is 0.229 e. The summed E-state index contributed by atoms with van der Waals surface area (Å²) in [6, 6.07) is 16.8. The summed E-state index contributed by atoms with van der Waals surface area (Å²) in [6.07, 6.45) is 2.77. The first-order chi connectivity index (χ1) is 14.1. The number of benzene rings is 2. The Bertz CT molecular complexity index is 889. The van der Waals surface area contributed by atoms with E-state index in [1.54, 1.807) is 4.90 Å². The monoisotopic (exact) mass is 391 g/mol. The van der Waals surface area contributed by atoms with Crippen molar-refractivity contribution in [3.8, 4) is 0 Å². The Morgan fingerprint density at radius 1 is 0.966 bits per heavy atom. The highest BCUT2D eigenvalue weighted by atomic mass is 16.2. The molecular formula is C23H25N3O3. The highest BCUT2D eigenvalue weighted by Gasteiger charge is 2.35. The second-order valence-electron chi connectivity index (χ2n) is 7.69. The third-order valence-electron chi connectivity index (χ3n) is 5.60. The van der Waals surface area contributed by atoms with Crippen molar-refractivity contribution in [1.29, 1.82) is 0 Å². The molecule has 4 rings (SSSR count). The van der Waals surface area contributed by atoms with E-state index in [2.05, 4.69) is 5.32 Å². The third-order valence-corrected chi connectivity index (χ3v) is 5.60. The van der Waals surface area contributed by atoms with E-state index in [1.165, 1.54) is 0 Å². The second-order valence-corrected chi connectivity index (χ2v) is 7.69. The van der Waals surface area contributed by atoms with Gasteiger partial charge in [-0.15, -0.1) is 0 Å². The van der Waals surface area contributed by atoms with E-state index < -0.39 is 0 Å². The van der Waals surface area contributed by atoms with Gasteiger partial charge in [-0.3, -0.25) is 14.4 Å². The topological polar surface area (TPSA) is 69.7 Å². The number of carbonyl (C=O) groups is 3. The third kappa shape index (κ3) is 4.47. The number of carbonyl (C=O) groups excluding carboxylic acids is 3. The van der Waals surface area contributed by atoms with Crippen LogP contribution in [0, 0.1) is 5.92 Å². The number of para-hydroxylation sites is 1. The fraction of sp³-hybridized carbons (Fsp3) is 0.348. The SMILES string of the molecule is O=C(Nc1ccc(CC(=O)N2CCCC2)cc1)[C@@H]1CC(=O)N(c2ccccc2)C1. The van der Waals surface area contributed by atoms with Crippen LogP contribution in [0.2, 0.25) is 0 Å².